The van der Waals surface area contributed by atoms with Crippen molar-refractivity contribution in [3.05, 3.63) is 36.0 Å². The third kappa shape index (κ3) is 2.36. The second-order valence-electron chi connectivity index (χ2n) is 3.61. The highest BCUT2D eigenvalue weighted by Gasteiger charge is 2.08. The number of hydrogen-bond acceptors (Lipinski definition) is 4. The Morgan fingerprint density at radius 3 is 2.88 bits per heavy atom. The van der Waals surface area contributed by atoms with Crippen LogP contribution in [-0.4, -0.2) is 18.1 Å². The molecule has 0 aliphatic heterocycles. The molecule has 0 radical (unpaired) electrons. The van der Waals surface area contributed by atoms with Crippen LogP contribution in [0.4, 0.5) is 0 Å². The molecule has 0 fully saturated rings. The van der Waals surface area contributed by atoms with Crippen LogP contribution in [-0.2, 0) is 16.1 Å². The van der Waals surface area contributed by atoms with Gasteiger partial charge in [-0.25, -0.2) is 0 Å². The summed E-state index contributed by atoms with van der Waals surface area (Å²) in [6, 6.07) is 7.48. The first-order valence-electron chi connectivity index (χ1n) is 5.26. The van der Waals surface area contributed by atoms with Crippen molar-refractivity contribution in [3.8, 4) is 5.75 Å². The van der Waals surface area contributed by atoms with E-state index in [1.807, 2.05) is 24.3 Å². The van der Waals surface area contributed by atoms with Crippen LogP contribution < -0.4 is 4.74 Å². The summed E-state index contributed by atoms with van der Waals surface area (Å²) >= 11 is 0. The molecule has 0 saturated carbocycles. The molecule has 0 unspecified atom stereocenters. The maximum absolute atomic E-state index is 10.8. The Labute approximate surface area is 99.2 Å². The Morgan fingerprint density at radius 2 is 2.18 bits per heavy atom. The van der Waals surface area contributed by atoms with Gasteiger partial charge in [-0.1, -0.05) is 0 Å². The average Bonchev–Trinajstić information content (AvgIpc) is 2.35. The number of hydrogen-bond donors (Lipinski definition) is 0. The van der Waals surface area contributed by atoms with E-state index in [1.54, 1.807) is 13.3 Å². The molecule has 0 N–H and O–H groups in total. The summed E-state index contributed by atoms with van der Waals surface area (Å²) in [5, 5.41) is 0.916. The predicted molar refractivity (Wildman–Crippen MR) is 63.8 cm³/mol. The molecule has 1 heterocycles. The largest absolute Gasteiger partial charge is 0.496 e. The van der Waals surface area contributed by atoms with Crippen molar-refractivity contribution in [3.63, 3.8) is 0 Å². The number of carbonyl (C=O) groups is 1. The van der Waals surface area contributed by atoms with Gasteiger partial charge in [0.25, 0.3) is 0 Å². The monoisotopic (exact) mass is 231 g/mol. The fourth-order valence-corrected chi connectivity index (χ4v) is 1.68. The first-order valence-corrected chi connectivity index (χ1v) is 5.26. The van der Waals surface area contributed by atoms with Crippen molar-refractivity contribution in [1.82, 2.24) is 4.98 Å². The van der Waals surface area contributed by atoms with Gasteiger partial charge in [-0.15, -0.1) is 0 Å². The van der Waals surface area contributed by atoms with Crippen LogP contribution in [0.15, 0.2) is 30.5 Å². The molecule has 4 nitrogen and oxygen atoms in total. The van der Waals surface area contributed by atoms with E-state index in [2.05, 4.69) is 4.98 Å². The number of benzene rings is 1. The summed E-state index contributed by atoms with van der Waals surface area (Å²) in [7, 11) is 1.62. The number of ether oxygens (including phenoxy) is 2. The van der Waals surface area contributed by atoms with Gasteiger partial charge in [0.1, 0.15) is 12.4 Å². The maximum atomic E-state index is 10.8. The lowest BCUT2D eigenvalue weighted by molar-refractivity contribution is -0.142. The van der Waals surface area contributed by atoms with E-state index in [0.717, 1.165) is 22.2 Å². The number of carbonyl (C=O) groups excluding carboxylic acids is 1. The number of pyridine rings is 1. The molecule has 17 heavy (non-hydrogen) atoms. The van der Waals surface area contributed by atoms with Gasteiger partial charge >= 0.3 is 5.97 Å². The van der Waals surface area contributed by atoms with Gasteiger partial charge in [-0.2, -0.15) is 0 Å². The lowest BCUT2D eigenvalue weighted by Crippen LogP contribution is -2.00. The highest BCUT2D eigenvalue weighted by Crippen LogP contribution is 2.26. The van der Waals surface area contributed by atoms with E-state index in [1.165, 1.54) is 6.92 Å². The zero-order valence-corrected chi connectivity index (χ0v) is 9.77. The Morgan fingerprint density at radius 1 is 1.35 bits per heavy atom. The molecule has 1 aromatic carbocycles. The summed E-state index contributed by atoms with van der Waals surface area (Å²) in [5.74, 6) is 0.463. The average molecular weight is 231 g/mol. The van der Waals surface area contributed by atoms with Gasteiger partial charge in [0, 0.05) is 24.1 Å². The van der Waals surface area contributed by atoms with Gasteiger partial charge in [0.15, 0.2) is 0 Å². The summed E-state index contributed by atoms with van der Waals surface area (Å²) in [6.45, 7) is 1.62. The first-order chi connectivity index (χ1) is 8.22. The van der Waals surface area contributed by atoms with E-state index < -0.39 is 0 Å². The van der Waals surface area contributed by atoms with Crippen molar-refractivity contribution >= 4 is 16.9 Å². The molecule has 2 rings (SSSR count). The van der Waals surface area contributed by atoms with Crippen LogP contribution in [0.25, 0.3) is 10.9 Å². The van der Waals surface area contributed by atoms with Crippen molar-refractivity contribution < 1.29 is 14.3 Å². The molecule has 0 spiro atoms. The second-order valence-corrected chi connectivity index (χ2v) is 3.61. The highest BCUT2D eigenvalue weighted by atomic mass is 16.5. The summed E-state index contributed by atoms with van der Waals surface area (Å²) in [6.07, 6.45) is 1.71. The fourth-order valence-electron chi connectivity index (χ4n) is 1.68. The van der Waals surface area contributed by atoms with Gasteiger partial charge < -0.3 is 9.47 Å². The lowest BCUT2D eigenvalue weighted by Gasteiger charge is -2.09. The first kappa shape index (κ1) is 11.4. The Hall–Kier alpha value is -2.10. The summed E-state index contributed by atoms with van der Waals surface area (Å²) in [5.41, 5.74) is 1.67. The normalized spacial score (nSPS) is 10.2. The third-order valence-electron chi connectivity index (χ3n) is 2.46. The second kappa shape index (κ2) is 4.82. The molecule has 2 aromatic rings. The number of methoxy groups -OCH3 is 1. The van der Waals surface area contributed by atoms with Crippen molar-refractivity contribution in [1.29, 1.82) is 0 Å². The minimum atomic E-state index is -0.301. The zero-order valence-electron chi connectivity index (χ0n) is 9.77. The van der Waals surface area contributed by atoms with E-state index in [0.29, 0.717) is 0 Å². The van der Waals surface area contributed by atoms with E-state index in [9.17, 15) is 4.79 Å². The van der Waals surface area contributed by atoms with Crippen LogP contribution in [0.3, 0.4) is 0 Å². The molecule has 0 saturated heterocycles. The maximum Gasteiger partial charge on any atom is 0.302 e. The number of esters is 1. The van der Waals surface area contributed by atoms with Crippen molar-refractivity contribution in [2.75, 3.05) is 7.11 Å². The number of nitrogens with zero attached hydrogens (tertiary/aromatic N) is 1. The molecule has 0 atom stereocenters. The van der Waals surface area contributed by atoms with Crippen LogP contribution in [0.5, 0.6) is 5.75 Å². The van der Waals surface area contributed by atoms with Crippen molar-refractivity contribution in [2.45, 2.75) is 13.5 Å². The standard InChI is InChI=1S/C13H13NO3/c1-9(15)17-8-10-5-6-12(16-2)11-4-3-7-14-13(10)11/h3-7H,8H2,1-2H3. The SMILES string of the molecule is COc1ccc(COC(C)=O)c2ncccc12. The summed E-state index contributed by atoms with van der Waals surface area (Å²) in [4.78, 5) is 15.1. The topological polar surface area (TPSA) is 48.4 Å². The molecular formula is C13H13NO3. The number of fused-ring (bicyclic) bond motifs is 1. The fraction of sp³-hybridized carbons (Fsp3) is 0.231. The molecule has 1 aromatic heterocycles. The van der Waals surface area contributed by atoms with Crippen LogP contribution in [0, 0.1) is 0 Å². The molecule has 0 amide bonds. The highest BCUT2D eigenvalue weighted by molar-refractivity contribution is 5.87. The molecule has 88 valence electrons. The molecular weight excluding hydrogens is 218 g/mol. The molecule has 0 aliphatic carbocycles. The predicted octanol–water partition coefficient (Wildman–Crippen LogP) is 2.31. The molecule has 4 heteroatoms. The third-order valence-corrected chi connectivity index (χ3v) is 2.46. The quantitative estimate of drug-likeness (QED) is 0.760. The van der Waals surface area contributed by atoms with E-state index >= 15 is 0 Å². The molecule has 0 aliphatic rings. The number of rotatable bonds is 3. The van der Waals surface area contributed by atoms with Crippen LogP contribution in [0.2, 0.25) is 0 Å². The minimum Gasteiger partial charge on any atom is -0.496 e. The Kier molecular flexibility index (Phi) is 3.23. The summed E-state index contributed by atoms with van der Waals surface area (Å²) < 4.78 is 10.3. The zero-order chi connectivity index (χ0) is 12.3. The van der Waals surface area contributed by atoms with Gasteiger partial charge in [-0.05, 0) is 24.3 Å². The van der Waals surface area contributed by atoms with Crippen LogP contribution in [0.1, 0.15) is 12.5 Å². The van der Waals surface area contributed by atoms with E-state index in [-0.39, 0.29) is 12.6 Å². The van der Waals surface area contributed by atoms with Crippen LogP contribution >= 0.6 is 0 Å². The Balaban J connectivity index is 2.47. The van der Waals surface area contributed by atoms with Gasteiger partial charge in [0.05, 0.1) is 12.6 Å². The Bertz CT molecular complexity index is 551. The molecule has 0 bridgehead atoms. The lowest BCUT2D eigenvalue weighted by atomic mass is 10.1. The van der Waals surface area contributed by atoms with E-state index in [4.69, 9.17) is 9.47 Å². The number of aromatic nitrogens is 1. The minimum absolute atomic E-state index is 0.229. The smallest absolute Gasteiger partial charge is 0.302 e. The van der Waals surface area contributed by atoms with Crippen molar-refractivity contribution in [2.24, 2.45) is 0 Å². The van der Waals surface area contributed by atoms with Gasteiger partial charge in [-0.3, -0.25) is 9.78 Å². The van der Waals surface area contributed by atoms with Gasteiger partial charge in [0.2, 0.25) is 0 Å².